The van der Waals surface area contributed by atoms with Crippen LogP contribution in [0.15, 0.2) is 12.3 Å². The average Bonchev–Trinajstić information content (AvgIpc) is 2.73. The lowest BCUT2D eigenvalue weighted by Gasteiger charge is -2.14. The van der Waals surface area contributed by atoms with Crippen LogP contribution in [-0.4, -0.2) is 36.0 Å². The monoisotopic (exact) mass is 254 g/mol. The maximum absolute atomic E-state index is 6.10. The summed E-state index contributed by atoms with van der Waals surface area (Å²) in [5, 5.41) is 3.73. The normalized spacial score (nSPS) is 23.7. The van der Waals surface area contributed by atoms with Crippen molar-refractivity contribution in [3.05, 3.63) is 12.3 Å². The number of nitrogens with zero attached hydrogens (tertiary/aromatic N) is 3. The van der Waals surface area contributed by atoms with Crippen LogP contribution in [0.4, 0.5) is 11.8 Å². The van der Waals surface area contributed by atoms with Crippen LogP contribution < -0.4 is 10.2 Å². The second kappa shape index (κ2) is 5.54. The molecule has 0 radical (unpaired) electrons. The number of anilines is 2. The highest BCUT2D eigenvalue weighted by molar-refractivity contribution is 6.20. The van der Waals surface area contributed by atoms with Gasteiger partial charge in [-0.1, -0.05) is 0 Å². The number of alkyl halides is 1. The second-order valence-electron chi connectivity index (χ2n) is 4.79. The van der Waals surface area contributed by atoms with E-state index in [2.05, 4.69) is 15.3 Å². The Labute approximate surface area is 107 Å². The number of nitrogens with one attached hydrogen (secondary N) is 1. The van der Waals surface area contributed by atoms with Crippen molar-refractivity contribution >= 4 is 23.4 Å². The maximum Gasteiger partial charge on any atom is 0.226 e. The molecule has 94 valence electrons. The Morgan fingerprint density at radius 3 is 2.94 bits per heavy atom. The molecular formula is C12H19ClN4. The predicted molar refractivity (Wildman–Crippen MR) is 71.8 cm³/mol. The van der Waals surface area contributed by atoms with E-state index >= 15 is 0 Å². The molecule has 2 rings (SSSR count). The summed E-state index contributed by atoms with van der Waals surface area (Å²) in [5.74, 6) is 2.30. The van der Waals surface area contributed by atoms with Crippen molar-refractivity contribution in [2.75, 3.05) is 30.9 Å². The molecule has 1 aliphatic rings. The highest BCUT2D eigenvalue weighted by Crippen LogP contribution is 2.29. The van der Waals surface area contributed by atoms with Gasteiger partial charge in [-0.2, -0.15) is 4.98 Å². The van der Waals surface area contributed by atoms with E-state index in [1.54, 1.807) is 6.20 Å². The zero-order chi connectivity index (χ0) is 12.3. The predicted octanol–water partition coefficient (Wildman–Crippen LogP) is 2.36. The quantitative estimate of drug-likeness (QED) is 0.838. The van der Waals surface area contributed by atoms with E-state index in [0.717, 1.165) is 31.2 Å². The average molecular weight is 255 g/mol. The summed E-state index contributed by atoms with van der Waals surface area (Å²) in [6, 6.07) is 1.90. The SMILES string of the molecule is CN(C)c1nccc(NCC2CCC(Cl)C2)n1. The molecule has 0 aromatic carbocycles. The van der Waals surface area contributed by atoms with Crippen LogP contribution in [-0.2, 0) is 0 Å². The van der Waals surface area contributed by atoms with Crippen molar-refractivity contribution in [3.8, 4) is 0 Å². The molecule has 0 aliphatic heterocycles. The fraction of sp³-hybridized carbons (Fsp3) is 0.667. The van der Waals surface area contributed by atoms with E-state index < -0.39 is 0 Å². The third-order valence-corrected chi connectivity index (χ3v) is 3.49. The summed E-state index contributed by atoms with van der Waals surface area (Å²) < 4.78 is 0. The standard InChI is InChI=1S/C12H19ClN4/c1-17(2)12-14-6-5-11(16-12)15-8-9-3-4-10(13)7-9/h5-6,9-10H,3-4,7-8H2,1-2H3,(H,14,15,16). The number of hydrogen-bond acceptors (Lipinski definition) is 4. The van der Waals surface area contributed by atoms with Crippen LogP contribution >= 0.6 is 11.6 Å². The van der Waals surface area contributed by atoms with Crippen molar-refractivity contribution in [1.82, 2.24) is 9.97 Å². The summed E-state index contributed by atoms with van der Waals surface area (Å²) in [4.78, 5) is 10.5. The first kappa shape index (κ1) is 12.4. The molecule has 2 unspecified atom stereocenters. The molecule has 1 N–H and O–H groups in total. The van der Waals surface area contributed by atoms with Crippen LogP contribution in [0.25, 0.3) is 0 Å². The van der Waals surface area contributed by atoms with Gasteiger partial charge in [0.05, 0.1) is 0 Å². The van der Waals surface area contributed by atoms with E-state index in [0.29, 0.717) is 11.3 Å². The zero-order valence-corrected chi connectivity index (χ0v) is 11.1. The van der Waals surface area contributed by atoms with Gasteiger partial charge in [-0.05, 0) is 31.2 Å². The molecule has 1 saturated carbocycles. The van der Waals surface area contributed by atoms with Gasteiger partial charge in [0.1, 0.15) is 5.82 Å². The van der Waals surface area contributed by atoms with Crippen molar-refractivity contribution in [2.45, 2.75) is 24.6 Å². The summed E-state index contributed by atoms with van der Waals surface area (Å²) in [7, 11) is 3.88. The molecule has 0 spiro atoms. The maximum atomic E-state index is 6.10. The molecule has 1 heterocycles. The van der Waals surface area contributed by atoms with Gasteiger partial charge in [0.2, 0.25) is 5.95 Å². The Balaban J connectivity index is 1.88. The summed E-state index contributed by atoms with van der Waals surface area (Å²) in [5.41, 5.74) is 0. The van der Waals surface area contributed by atoms with Gasteiger partial charge < -0.3 is 10.2 Å². The van der Waals surface area contributed by atoms with E-state index in [1.165, 1.54) is 6.42 Å². The lowest BCUT2D eigenvalue weighted by Crippen LogP contribution is -2.16. The van der Waals surface area contributed by atoms with Crippen LogP contribution in [0, 0.1) is 5.92 Å². The number of rotatable bonds is 4. The minimum Gasteiger partial charge on any atom is -0.370 e. The lowest BCUT2D eigenvalue weighted by molar-refractivity contribution is 0.579. The third-order valence-electron chi connectivity index (χ3n) is 3.09. The molecule has 4 nitrogen and oxygen atoms in total. The third kappa shape index (κ3) is 3.46. The van der Waals surface area contributed by atoms with Crippen LogP contribution in [0.1, 0.15) is 19.3 Å². The molecule has 1 aromatic heterocycles. The fourth-order valence-electron chi connectivity index (χ4n) is 2.11. The molecule has 0 amide bonds. The molecule has 2 atom stereocenters. The van der Waals surface area contributed by atoms with E-state index in [4.69, 9.17) is 11.6 Å². The molecular weight excluding hydrogens is 236 g/mol. The second-order valence-corrected chi connectivity index (χ2v) is 5.41. The fourth-order valence-corrected chi connectivity index (χ4v) is 2.49. The van der Waals surface area contributed by atoms with Crippen molar-refractivity contribution in [3.63, 3.8) is 0 Å². The zero-order valence-electron chi connectivity index (χ0n) is 10.4. The lowest BCUT2D eigenvalue weighted by atomic mass is 10.1. The first-order chi connectivity index (χ1) is 8.15. The van der Waals surface area contributed by atoms with Gasteiger partial charge in [-0.15, -0.1) is 11.6 Å². The minimum atomic E-state index is 0.365. The molecule has 1 fully saturated rings. The first-order valence-electron chi connectivity index (χ1n) is 6.03. The first-order valence-corrected chi connectivity index (χ1v) is 6.47. The molecule has 1 aliphatic carbocycles. The highest BCUT2D eigenvalue weighted by Gasteiger charge is 2.22. The molecule has 17 heavy (non-hydrogen) atoms. The summed E-state index contributed by atoms with van der Waals surface area (Å²) in [6.45, 7) is 0.951. The molecule has 0 bridgehead atoms. The van der Waals surface area contributed by atoms with E-state index in [1.807, 2.05) is 25.1 Å². The summed E-state index contributed by atoms with van der Waals surface area (Å²) in [6.07, 6.45) is 5.25. The topological polar surface area (TPSA) is 41.1 Å². The largest absolute Gasteiger partial charge is 0.370 e. The van der Waals surface area contributed by atoms with Gasteiger partial charge >= 0.3 is 0 Å². The van der Waals surface area contributed by atoms with Gasteiger partial charge in [0, 0.05) is 32.2 Å². The number of aromatic nitrogens is 2. The Bertz CT molecular complexity index is 369. The molecule has 5 heteroatoms. The van der Waals surface area contributed by atoms with Gasteiger partial charge in [-0.3, -0.25) is 0 Å². The smallest absolute Gasteiger partial charge is 0.226 e. The Morgan fingerprint density at radius 2 is 2.29 bits per heavy atom. The Kier molecular flexibility index (Phi) is 4.05. The highest BCUT2D eigenvalue weighted by atomic mass is 35.5. The Hall–Kier alpha value is -1.03. The van der Waals surface area contributed by atoms with Crippen LogP contribution in [0.2, 0.25) is 0 Å². The molecule has 1 aromatic rings. The van der Waals surface area contributed by atoms with Gasteiger partial charge in [-0.25, -0.2) is 4.98 Å². The van der Waals surface area contributed by atoms with Gasteiger partial charge in [0.25, 0.3) is 0 Å². The minimum absolute atomic E-state index is 0.365. The molecule has 0 saturated heterocycles. The van der Waals surface area contributed by atoms with Crippen LogP contribution in [0.5, 0.6) is 0 Å². The van der Waals surface area contributed by atoms with Gasteiger partial charge in [0.15, 0.2) is 0 Å². The van der Waals surface area contributed by atoms with Crippen LogP contribution in [0.3, 0.4) is 0 Å². The van der Waals surface area contributed by atoms with Crippen molar-refractivity contribution in [2.24, 2.45) is 5.92 Å². The number of halogens is 1. The number of hydrogen-bond donors (Lipinski definition) is 1. The van der Waals surface area contributed by atoms with E-state index in [9.17, 15) is 0 Å². The Morgan fingerprint density at radius 1 is 1.47 bits per heavy atom. The van der Waals surface area contributed by atoms with E-state index in [-0.39, 0.29) is 0 Å². The van der Waals surface area contributed by atoms with Crippen molar-refractivity contribution in [1.29, 1.82) is 0 Å². The van der Waals surface area contributed by atoms with Crippen molar-refractivity contribution < 1.29 is 0 Å². The summed E-state index contributed by atoms with van der Waals surface area (Å²) >= 11 is 6.10.